The minimum atomic E-state index is -0.643. The highest BCUT2D eigenvalue weighted by atomic mass is 16.6. The fourth-order valence-corrected chi connectivity index (χ4v) is 4.07. The van der Waals surface area contributed by atoms with Crippen molar-refractivity contribution >= 4 is 32.9 Å². The zero-order valence-corrected chi connectivity index (χ0v) is 16.7. The van der Waals surface area contributed by atoms with Crippen molar-refractivity contribution in [2.45, 2.75) is 0 Å². The van der Waals surface area contributed by atoms with Gasteiger partial charge in [0.2, 0.25) is 0 Å². The highest BCUT2D eigenvalue weighted by Crippen LogP contribution is 2.36. The Bertz CT molecular complexity index is 1470. The van der Waals surface area contributed by atoms with Crippen LogP contribution in [-0.2, 0) is 0 Å². The maximum Gasteiger partial charge on any atom is 0.347 e. The summed E-state index contributed by atoms with van der Waals surface area (Å²) in [5.41, 5.74) is 1.67. The van der Waals surface area contributed by atoms with Crippen LogP contribution in [0.2, 0.25) is 0 Å². The molecule has 32 heavy (non-hydrogen) atoms. The number of hydrogen-bond donors (Lipinski definition) is 0. The smallest absolute Gasteiger partial charge is 0.258 e. The lowest BCUT2D eigenvalue weighted by Gasteiger charge is -2.11. The van der Waals surface area contributed by atoms with Gasteiger partial charge in [0, 0.05) is 24.3 Å². The monoisotopic (exact) mass is 422 g/mol. The molecule has 0 bridgehead atoms. The first-order valence-electron chi connectivity index (χ1n) is 9.88. The van der Waals surface area contributed by atoms with E-state index in [-0.39, 0.29) is 17.1 Å². The third-order valence-corrected chi connectivity index (χ3v) is 5.53. The number of fused-ring (bicyclic) bond motifs is 2. The van der Waals surface area contributed by atoms with E-state index in [1.807, 2.05) is 36.4 Å². The number of hydrogen-bond acceptors (Lipinski definition) is 4. The minimum absolute atomic E-state index is 0.259. The van der Waals surface area contributed by atoms with Crippen molar-refractivity contribution in [1.82, 2.24) is 0 Å². The topological polar surface area (TPSA) is 90.2 Å². The fraction of sp³-hybridized carbons (Fsp3) is 0. The molecule has 4 aromatic carbocycles. The van der Waals surface area contributed by atoms with Gasteiger partial charge in [0.05, 0.1) is 9.85 Å². The first-order chi connectivity index (χ1) is 15.5. The van der Waals surface area contributed by atoms with Crippen molar-refractivity contribution in [2.24, 2.45) is 0 Å². The molecule has 0 atom stereocenters. The summed E-state index contributed by atoms with van der Waals surface area (Å²) < 4.78 is 1.60. The SMILES string of the molecule is O=[N+]([O-])c1ccc(-[n+]2ccc(-c3c4ccccc4cc4ccccc34)cc2)c([N+](=O)[O-])c1. The van der Waals surface area contributed by atoms with E-state index in [2.05, 4.69) is 30.3 Å². The van der Waals surface area contributed by atoms with Crippen molar-refractivity contribution < 1.29 is 14.4 Å². The van der Waals surface area contributed by atoms with Crippen LogP contribution in [-0.4, -0.2) is 9.85 Å². The van der Waals surface area contributed by atoms with Crippen LogP contribution < -0.4 is 4.57 Å². The van der Waals surface area contributed by atoms with Gasteiger partial charge in [-0.15, -0.1) is 0 Å². The van der Waals surface area contributed by atoms with E-state index in [9.17, 15) is 20.2 Å². The summed E-state index contributed by atoms with van der Waals surface area (Å²) in [7, 11) is 0. The van der Waals surface area contributed by atoms with Gasteiger partial charge in [-0.2, -0.15) is 4.57 Å². The van der Waals surface area contributed by atoms with Gasteiger partial charge < -0.3 is 0 Å². The Morgan fingerprint density at radius 3 is 1.81 bits per heavy atom. The number of nitro groups is 2. The van der Waals surface area contributed by atoms with E-state index in [0.29, 0.717) is 0 Å². The molecule has 7 nitrogen and oxygen atoms in total. The van der Waals surface area contributed by atoms with Crippen molar-refractivity contribution in [3.63, 3.8) is 0 Å². The Balaban J connectivity index is 1.68. The Hall–Kier alpha value is -4.65. The number of pyridine rings is 1. The summed E-state index contributed by atoms with van der Waals surface area (Å²) in [6, 6.07) is 26.0. The van der Waals surface area contributed by atoms with Gasteiger partial charge in [-0.1, -0.05) is 48.5 Å². The molecule has 1 heterocycles. The van der Waals surface area contributed by atoms with E-state index >= 15 is 0 Å². The summed E-state index contributed by atoms with van der Waals surface area (Å²) in [5.74, 6) is 0. The number of benzene rings is 4. The van der Waals surface area contributed by atoms with Crippen LogP contribution in [0, 0.1) is 20.2 Å². The summed E-state index contributed by atoms with van der Waals surface area (Å²) in [6.07, 6.45) is 3.47. The normalized spacial score (nSPS) is 11.0. The fourth-order valence-electron chi connectivity index (χ4n) is 4.07. The molecule has 0 saturated heterocycles. The maximum absolute atomic E-state index is 11.5. The van der Waals surface area contributed by atoms with Gasteiger partial charge >= 0.3 is 5.69 Å². The molecule has 0 radical (unpaired) electrons. The maximum atomic E-state index is 11.5. The molecule has 1 aromatic heterocycles. The predicted octanol–water partition coefficient (Wildman–Crippen LogP) is 5.75. The van der Waals surface area contributed by atoms with Crippen molar-refractivity contribution in [1.29, 1.82) is 0 Å². The standard InChI is InChI=1S/C25H16N3O4/c29-27(30)20-9-10-23(24(16-20)28(31)32)26-13-11-17(12-14-26)25-21-7-3-1-5-18(21)15-19-6-2-4-8-22(19)25/h1-16H/q+1. The van der Waals surface area contributed by atoms with E-state index < -0.39 is 9.85 Å². The molecule has 0 aliphatic carbocycles. The zero-order valence-electron chi connectivity index (χ0n) is 16.7. The second-order valence-corrected chi connectivity index (χ2v) is 7.38. The van der Waals surface area contributed by atoms with Gasteiger partial charge in [0.25, 0.3) is 11.4 Å². The van der Waals surface area contributed by atoms with Crippen LogP contribution in [0.25, 0.3) is 38.4 Å². The molecule has 0 unspecified atom stereocenters. The number of rotatable bonds is 4. The first kappa shape index (κ1) is 19.3. The van der Waals surface area contributed by atoms with Crippen molar-refractivity contribution in [2.75, 3.05) is 0 Å². The van der Waals surface area contributed by atoms with Crippen molar-refractivity contribution in [3.05, 3.63) is 118 Å². The van der Waals surface area contributed by atoms with Gasteiger partial charge in [-0.05, 0) is 38.7 Å². The minimum Gasteiger partial charge on any atom is -0.258 e. The lowest BCUT2D eigenvalue weighted by Crippen LogP contribution is -2.30. The molecule has 0 N–H and O–H groups in total. The van der Waals surface area contributed by atoms with Crippen LogP contribution in [0.1, 0.15) is 0 Å². The second-order valence-electron chi connectivity index (χ2n) is 7.38. The molecule has 7 heteroatoms. The summed E-state index contributed by atoms with van der Waals surface area (Å²) in [4.78, 5) is 21.3. The van der Waals surface area contributed by atoms with Gasteiger partial charge in [-0.3, -0.25) is 20.2 Å². The molecular formula is C25H16N3O4+. The van der Waals surface area contributed by atoms with E-state index in [1.54, 1.807) is 17.0 Å². The molecule has 5 rings (SSSR count). The highest BCUT2D eigenvalue weighted by Gasteiger charge is 2.26. The number of nitrogens with zero attached hydrogens (tertiary/aromatic N) is 3. The lowest BCUT2D eigenvalue weighted by atomic mass is 9.92. The number of aromatic nitrogens is 1. The lowest BCUT2D eigenvalue weighted by molar-refractivity contribution is -0.600. The summed E-state index contributed by atoms with van der Waals surface area (Å²) in [6.45, 7) is 0. The Morgan fingerprint density at radius 2 is 1.25 bits per heavy atom. The van der Waals surface area contributed by atoms with Crippen molar-refractivity contribution in [3.8, 4) is 16.8 Å². The summed E-state index contributed by atoms with van der Waals surface area (Å²) >= 11 is 0. The van der Waals surface area contributed by atoms with E-state index in [1.165, 1.54) is 12.1 Å². The van der Waals surface area contributed by atoms with Gasteiger partial charge in [0.1, 0.15) is 6.07 Å². The third kappa shape index (κ3) is 3.22. The van der Waals surface area contributed by atoms with E-state index in [4.69, 9.17) is 0 Å². The summed E-state index contributed by atoms with van der Waals surface area (Å²) in [5, 5.41) is 27.0. The van der Waals surface area contributed by atoms with Crippen LogP contribution in [0.4, 0.5) is 11.4 Å². The predicted molar refractivity (Wildman–Crippen MR) is 122 cm³/mol. The van der Waals surface area contributed by atoms with Gasteiger partial charge in [0.15, 0.2) is 12.4 Å². The van der Waals surface area contributed by atoms with Crippen LogP contribution in [0.15, 0.2) is 97.3 Å². The largest absolute Gasteiger partial charge is 0.347 e. The second kappa shape index (κ2) is 7.55. The Kier molecular flexibility index (Phi) is 4.56. The van der Waals surface area contributed by atoms with Gasteiger partial charge in [-0.25, -0.2) is 0 Å². The average Bonchev–Trinajstić information content (AvgIpc) is 2.82. The molecule has 0 amide bonds. The molecule has 5 aromatic rings. The zero-order chi connectivity index (χ0) is 22.2. The highest BCUT2D eigenvalue weighted by molar-refractivity contribution is 6.12. The molecule has 0 aliphatic heterocycles. The molecule has 154 valence electrons. The Labute approximate surface area is 182 Å². The van der Waals surface area contributed by atoms with Crippen LogP contribution >= 0.6 is 0 Å². The van der Waals surface area contributed by atoms with Crippen LogP contribution in [0.3, 0.4) is 0 Å². The van der Waals surface area contributed by atoms with E-state index in [0.717, 1.165) is 38.7 Å². The molecular weight excluding hydrogens is 406 g/mol. The number of non-ortho nitro benzene ring substituents is 1. The first-order valence-corrected chi connectivity index (χ1v) is 9.88. The molecule has 0 aliphatic rings. The molecule has 0 saturated carbocycles. The Morgan fingerprint density at radius 1 is 0.656 bits per heavy atom. The van der Waals surface area contributed by atoms with Crippen LogP contribution in [0.5, 0.6) is 0 Å². The average molecular weight is 422 g/mol. The molecule has 0 spiro atoms. The molecule has 0 fully saturated rings. The quantitative estimate of drug-likeness (QED) is 0.160. The number of nitro benzene ring substituents is 2. The third-order valence-electron chi connectivity index (χ3n) is 5.53.